The molecule has 3 heterocycles. The molecule has 8 heteroatoms. The predicted molar refractivity (Wildman–Crippen MR) is 142 cm³/mol. The van der Waals surface area contributed by atoms with Crippen LogP contribution in [0.1, 0.15) is 59.1 Å². The second-order valence-corrected chi connectivity index (χ2v) is 11.8. The molecule has 1 spiro atoms. The highest BCUT2D eigenvalue weighted by atomic mass is 16.3. The third kappa shape index (κ3) is 6.35. The van der Waals surface area contributed by atoms with Crippen LogP contribution in [0.3, 0.4) is 0 Å². The number of furan rings is 1. The second-order valence-electron chi connectivity index (χ2n) is 11.8. The molecule has 0 bridgehead atoms. The van der Waals surface area contributed by atoms with Gasteiger partial charge in [-0.05, 0) is 54.9 Å². The molecular formula is C29H40N4O4. The summed E-state index contributed by atoms with van der Waals surface area (Å²) in [6.45, 7) is 10.4. The van der Waals surface area contributed by atoms with Gasteiger partial charge < -0.3 is 24.4 Å². The van der Waals surface area contributed by atoms with Gasteiger partial charge in [0.05, 0.1) is 19.5 Å². The molecule has 2 aromatic rings. The van der Waals surface area contributed by atoms with Gasteiger partial charge in [0, 0.05) is 25.2 Å². The van der Waals surface area contributed by atoms with Crippen LogP contribution in [0.2, 0.25) is 0 Å². The summed E-state index contributed by atoms with van der Waals surface area (Å²) in [4.78, 5) is 45.2. The first-order valence-corrected chi connectivity index (χ1v) is 13.3. The first-order valence-electron chi connectivity index (χ1n) is 13.3. The number of nitrogens with one attached hydrogen (secondary N) is 1. The molecule has 0 aliphatic carbocycles. The van der Waals surface area contributed by atoms with E-state index in [-0.39, 0.29) is 36.2 Å². The van der Waals surface area contributed by atoms with Crippen LogP contribution in [0.5, 0.6) is 0 Å². The zero-order chi connectivity index (χ0) is 26.6. The molecule has 1 N–H and O–H groups in total. The second kappa shape index (κ2) is 11.0. The van der Waals surface area contributed by atoms with Crippen LogP contribution >= 0.6 is 0 Å². The molecule has 1 aromatic carbocycles. The van der Waals surface area contributed by atoms with Crippen molar-refractivity contribution in [2.45, 2.75) is 65.5 Å². The van der Waals surface area contributed by atoms with E-state index in [0.29, 0.717) is 50.7 Å². The molecule has 2 saturated heterocycles. The molecule has 200 valence electrons. The minimum atomic E-state index is -0.754. The zero-order valence-electron chi connectivity index (χ0n) is 22.5. The van der Waals surface area contributed by atoms with E-state index >= 15 is 0 Å². The molecule has 2 fully saturated rings. The van der Waals surface area contributed by atoms with E-state index in [2.05, 4.69) is 37.9 Å². The number of carbonyl (C=O) groups excluding carboxylic acids is 3. The smallest absolute Gasteiger partial charge is 0.250 e. The van der Waals surface area contributed by atoms with Gasteiger partial charge in [0.25, 0.3) is 5.91 Å². The molecule has 37 heavy (non-hydrogen) atoms. The SMILES string of the molecule is C[C@@H](CC(=O)N1CCC2(CC1)C(=O)N(CC(=O)NCc1ccco1)CN2c1ccccc1)CC(C)(C)C. The van der Waals surface area contributed by atoms with E-state index in [1.807, 2.05) is 35.2 Å². The molecule has 8 nitrogen and oxygen atoms in total. The highest BCUT2D eigenvalue weighted by Gasteiger charge is 2.54. The molecule has 1 aromatic heterocycles. The zero-order valence-corrected chi connectivity index (χ0v) is 22.5. The molecule has 4 rings (SSSR count). The average Bonchev–Trinajstić information content (AvgIpc) is 3.46. The Bertz CT molecular complexity index is 1070. The predicted octanol–water partition coefficient (Wildman–Crippen LogP) is 4.03. The Hall–Kier alpha value is -3.29. The summed E-state index contributed by atoms with van der Waals surface area (Å²) in [6.07, 6.45) is 4.18. The fourth-order valence-electron chi connectivity index (χ4n) is 5.82. The van der Waals surface area contributed by atoms with Crippen molar-refractivity contribution in [1.82, 2.24) is 15.1 Å². The summed E-state index contributed by atoms with van der Waals surface area (Å²) < 4.78 is 5.28. The van der Waals surface area contributed by atoms with E-state index in [0.717, 1.165) is 12.1 Å². The van der Waals surface area contributed by atoms with Crippen molar-refractivity contribution < 1.29 is 18.8 Å². The normalized spacial score (nSPS) is 18.4. The maximum absolute atomic E-state index is 13.8. The van der Waals surface area contributed by atoms with Crippen molar-refractivity contribution in [2.24, 2.45) is 11.3 Å². The fourth-order valence-corrected chi connectivity index (χ4v) is 5.82. The van der Waals surface area contributed by atoms with Gasteiger partial charge in [-0.3, -0.25) is 14.4 Å². The highest BCUT2D eigenvalue weighted by Crippen LogP contribution is 2.39. The summed E-state index contributed by atoms with van der Waals surface area (Å²) in [5.41, 5.74) is 0.385. The van der Waals surface area contributed by atoms with Crippen molar-refractivity contribution in [1.29, 1.82) is 0 Å². The van der Waals surface area contributed by atoms with Gasteiger partial charge in [-0.2, -0.15) is 0 Å². The molecular weight excluding hydrogens is 468 g/mol. The number of nitrogens with zero attached hydrogens (tertiary/aromatic N) is 3. The third-order valence-corrected chi connectivity index (χ3v) is 7.38. The summed E-state index contributed by atoms with van der Waals surface area (Å²) in [7, 11) is 0. The van der Waals surface area contributed by atoms with Crippen LogP contribution in [0, 0.1) is 11.3 Å². The van der Waals surface area contributed by atoms with E-state index in [9.17, 15) is 14.4 Å². The first-order chi connectivity index (χ1) is 17.6. The lowest BCUT2D eigenvalue weighted by atomic mass is 9.83. The number of hydrogen-bond acceptors (Lipinski definition) is 5. The fraction of sp³-hybridized carbons (Fsp3) is 0.552. The van der Waals surface area contributed by atoms with Crippen LogP contribution < -0.4 is 10.2 Å². The minimum absolute atomic E-state index is 0.0163. The van der Waals surface area contributed by atoms with E-state index in [4.69, 9.17) is 4.42 Å². The highest BCUT2D eigenvalue weighted by molar-refractivity contribution is 5.96. The molecule has 0 saturated carbocycles. The number of amides is 3. The van der Waals surface area contributed by atoms with Crippen molar-refractivity contribution in [3.63, 3.8) is 0 Å². The number of benzene rings is 1. The lowest BCUT2D eigenvalue weighted by molar-refractivity contribution is -0.140. The van der Waals surface area contributed by atoms with Crippen LogP contribution in [0.25, 0.3) is 0 Å². The molecule has 3 amide bonds. The molecule has 2 aliphatic rings. The topological polar surface area (TPSA) is 86.1 Å². The summed E-state index contributed by atoms with van der Waals surface area (Å²) in [6, 6.07) is 13.4. The van der Waals surface area contributed by atoms with Gasteiger partial charge in [0.2, 0.25) is 11.8 Å². The Labute approximate surface area is 220 Å². The molecule has 2 aliphatic heterocycles. The molecule has 1 atom stereocenters. The lowest BCUT2D eigenvalue weighted by Crippen LogP contribution is -2.57. The number of para-hydroxylation sites is 1. The quantitative estimate of drug-likeness (QED) is 0.582. The largest absolute Gasteiger partial charge is 0.467 e. The number of carbonyl (C=O) groups is 3. The van der Waals surface area contributed by atoms with E-state index < -0.39 is 5.54 Å². The maximum Gasteiger partial charge on any atom is 0.250 e. The number of anilines is 1. The number of hydrogen-bond donors (Lipinski definition) is 1. The molecule has 0 radical (unpaired) electrons. The van der Waals surface area contributed by atoms with Crippen molar-refractivity contribution >= 4 is 23.4 Å². The number of piperidine rings is 1. The van der Waals surface area contributed by atoms with Gasteiger partial charge in [-0.25, -0.2) is 0 Å². The van der Waals surface area contributed by atoms with Gasteiger partial charge in [0.1, 0.15) is 17.8 Å². The van der Waals surface area contributed by atoms with Gasteiger partial charge in [0.15, 0.2) is 0 Å². The van der Waals surface area contributed by atoms with Crippen LogP contribution in [0.4, 0.5) is 5.69 Å². The Morgan fingerprint density at radius 1 is 1.08 bits per heavy atom. The Morgan fingerprint density at radius 2 is 1.78 bits per heavy atom. The van der Waals surface area contributed by atoms with E-state index in [1.54, 1.807) is 23.3 Å². The standard InChI is InChI=1S/C29H40N4O4/c1-22(18-28(2,3)4)17-26(35)31-14-12-29(13-15-31)27(36)32(21-33(29)23-9-6-5-7-10-23)20-25(34)30-19-24-11-8-16-37-24/h5-11,16,22H,12-15,17-21H2,1-4H3,(H,30,34)/t22-/m0/s1. The third-order valence-electron chi connectivity index (χ3n) is 7.38. The number of likely N-dealkylation sites (tertiary alicyclic amines) is 1. The number of rotatable bonds is 8. The summed E-state index contributed by atoms with van der Waals surface area (Å²) >= 11 is 0. The van der Waals surface area contributed by atoms with Crippen molar-refractivity contribution in [3.8, 4) is 0 Å². The van der Waals surface area contributed by atoms with Crippen molar-refractivity contribution in [3.05, 3.63) is 54.5 Å². The van der Waals surface area contributed by atoms with Gasteiger partial charge >= 0.3 is 0 Å². The maximum atomic E-state index is 13.8. The summed E-state index contributed by atoms with van der Waals surface area (Å²) in [5.74, 6) is 0.871. The average molecular weight is 509 g/mol. The van der Waals surface area contributed by atoms with Crippen LogP contribution in [0.15, 0.2) is 53.1 Å². The monoisotopic (exact) mass is 508 g/mol. The van der Waals surface area contributed by atoms with E-state index in [1.165, 1.54) is 0 Å². The Kier molecular flexibility index (Phi) is 7.95. The lowest BCUT2D eigenvalue weighted by Gasteiger charge is -2.43. The summed E-state index contributed by atoms with van der Waals surface area (Å²) in [5, 5.41) is 2.84. The van der Waals surface area contributed by atoms with Gasteiger partial charge in [-0.1, -0.05) is 45.9 Å². The van der Waals surface area contributed by atoms with Crippen LogP contribution in [-0.4, -0.2) is 59.4 Å². The Balaban J connectivity index is 1.43. The molecule has 0 unspecified atom stereocenters. The van der Waals surface area contributed by atoms with Crippen LogP contribution in [-0.2, 0) is 20.9 Å². The van der Waals surface area contributed by atoms with Gasteiger partial charge in [-0.15, -0.1) is 0 Å². The van der Waals surface area contributed by atoms with Crippen molar-refractivity contribution in [2.75, 3.05) is 31.2 Å². The first kappa shape index (κ1) is 26.8. The Morgan fingerprint density at radius 3 is 2.41 bits per heavy atom. The minimum Gasteiger partial charge on any atom is -0.467 e.